The van der Waals surface area contributed by atoms with E-state index in [9.17, 15) is 9.50 Å². The standard InChI is InChI=1S/C10H6FNOS/c11-10-6(3-4-12)1-2-8-9(10)7(13)5-14-8/h1-2,5,13H,3H2. The fraction of sp³-hybridized carbons (Fsp3) is 0.100. The third-order valence-electron chi connectivity index (χ3n) is 2.01. The molecule has 1 heterocycles. The van der Waals surface area contributed by atoms with E-state index < -0.39 is 5.82 Å². The maximum Gasteiger partial charge on any atom is 0.139 e. The number of halogens is 1. The van der Waals surface area contributed by atoms with Crippen LogP contribution in [-0.4, -0.2) is 5.11 Å². The van der Waals surface area contributed by atoms with Crippen LogP contribution in [0.2, 0.25) is 0 Å². The second-order valence-electron chi connectivity index (χ2n) is 2.87. The lowest BCUT2D eigenvalue weighted by Crippen LogP contribution is -1.88. The number of fused-ring (bicyclic) bond motifs is 1. The number of aromatic hydroxyl groups is 1. The molecule has 0 amide bonds. The number of rotatable bonds is 1. The molecule has 0 spiro atoms. The van der Waals surface area contributed by atoms with Gasteiger partial charge in [0, 0.05) is 15.6 Å². The third kappa shape index (κ3) is 1.22. The van der Waals surface area contributed by atoms with Crippen molar-refractivity contribution in [3.63, 3.8) is 0 Å². The molecule has 0 saturated carbocycles. The number of hydrogen-bond donors (Lipinski definition) is 1. The Hall–Kier alpha value is -1.60. The fourth-order valence-corrected chi connectivity index (χ4v) is 2.15. The van der Waals surface area contributed by atoms with Gasteiger partial charge in [0.05, 0.1) is 17.9 Å². The Morgan fingerprint density at radius 2 is 2.29 bits per heavy atom. The first-order valence-corrected chi connectivity index (χ1v) is 4.86. The molecular formula is C10H6FNOS. The van der Waals surface area contributed by atoms with Gasteiger partial charge in [0.15, 0.2) is 0 Å². The lowest BCUT2D eigenvalue weighted by Gasteiger charge is -1.99. The van der Waals surface area contributed by atoms with Crippen molar-refractivity contribution in [3.05, 3.63) is 28.9 Å². The predicted octanol–water partition coefficient (Wildman–Crippen LogP) is 2.81. The summed E-state index contributed by atoms with van der Waals surface area (Å²) in [5, 5.41) is 19.5. The number of hydrogen-bond acceptors (Lipinski definition) is 3. The lowest BCUT2D eigenvalue weighted by molar-refractivity contribution is 0.480. The van der Waals surface area contributed by atoms with Crippen LogP contribution in [0.5, 0.6) is 5.75 Å². The van der Waals surface area contributed by atoms with Crippen LogP contribution in [0.3, 0.4) is 0 Å². The Bertz CT molecular complexity index is 527. The highest BCUT2D eigenvalue weighted by molar-refractivity contribution is 7.17. The van der Waals surface area contributed by atoms with Gasteiger partial charge in [0.1, 0.15) is 11.6 Å². The van der Waals surface area contributed by atoms with Gasteiger partial charge in [0.25, 0.3) is 0 Å². The number of thiophene rings is 1. The molecule has 1 aromatic heterocycles. The monoisotopic (exact) mass is 207 g/mol. The Morgan fingerprint density at radius 3 is 3.00 bits per heavy atom. The number of benzene rings is 1. The Balaban J connectivity index is 2.74. The van der Waals surface area contributed by atoms with Gasteiger partial charge >= 0.3 is 0 Å². The summed E-state index contributed by atoms with van der Waals surface area (Å²) in [5.74, 6) is -0.537. The van der Waals surface area contributed by atoms with Gasteiger partial charge < -0.3 is 5.11 Å². The van der Waals surface area contributed by atoms with Crippen molar-refractivity contribution in [2.45, 2.75) is 6.42 Å². The summed E-state index contributed by atoms with van der Waals surface area (Å²) >= 11 is 1.28. The summed E-state index contributed by atoms with van der Waals surface area (Å²) in [6.45, 7) is 0. The summed E-state index contributed by atoms with van der Waals surface area (Å²) in [5.41, 5.74) is 0.328. The van der Waals surface area contributed by atoms with Crippen LogP contribution >= 0.6 is 11.3 Å². The Morgan fingerprint density at radius 1 is 1.50 bits per heavy atom. The summed E-state index contributed by atoms with van der Waals surface area (Å²) < 4.78 is 14.3. The Kier molecular flexibility index (Phi) is 2.10. The summed E-state index contributed by atoms with van der Waals surface area (Å²) in [6, 6.07) is 5.18. The zero-order valence-corrected chi connectivity index (χ0v) is 7.94. The van der Waals surface area contributed by atoms with Gasteiger partial charge in [-0.2, -0.15) is 5.26 Å². The molecule has 0 radical (unpaired) electrons. The molecule has 1 N–H and O–H groups in total. The highest BCUT2D eigenvalue weighted by Gasteiger charge is 2.11. The van der Waals surface area contributed by atoms with Crippen LogP contribution in [-0.2, 0) is 6.42 Å². The van der Waals surface area contributed by atoms with E-state index in [1.54, 1.807) is 12.1 Å². The van der Waals surface area contributed by atoms with Crippen LogP contribution < -0.4 is 0 Å². The van der Waals surface area contributed by atoms with E-state index in [0.29, 0.717) is 10.3 Å². The van der Waals surface area contributed by atoms with Crippen molar-refractivity contribution in [1.29, 1.82) is 5.26 Å². The predicted molar refractivity (Wildman–Crippen MR) is 52.8 cm³/mol. The second kappa shape index (κ2) is 3.28. The van der Waals surface area contributed by atoms with Gasteiger partial charge in [-0.3, -0.25) is 0 Å². The van der Waals surface area contributed by atoms with Crippen LogP contribution in [0.4, 0.5) is 4.39 Å². The van der Waals surface area contributed by atoms with Crippen LogP contribution in [0, 0.1) is 17.1 Å². The number of nitrogens with zero attached hydrogens (tertiary/aromatic N) is 1. The van der Waals surface area contributed by atoms with E-state index in [4.69, 9.17) is 5.26 Å². The molecule has 0 saturated heterocycles. The quantitative estimate of drug-likeness (QED) is 0.781. The molecule has 0 aliphatic carbocycles. The normalized spacial score (nSPS) is 10.3. The summed E-state index contributed by atoms with van der Waals surface area (Å²) in [4.78, 5) is 0. The minimum absolute atomic E-state index is 0.0249. The van der Waals surface area contributed by atoms with Gasteiger partial charge in [-0.25, -0.2) is 4.39 Å². The molecule has 0 fully saturated rings. The molecule has 70 valence electrons. The molecule has 1 aromatic carbocycles. The van der Waals surface area contributed by atoms with Crippen molar-refractivity contribution in [2.75, 3.05) is 0 Å². The minimum Gasteiger partial charge on any atom is -0.506 e. The molecule has 4 heteroatoms. The third-order valence-corrected chi connectivity index (χ3v) is 2.94. The zero-order valence-electron chi connectivity index (χ0n) is 7.12. The maximum atomic E-state index is 13.6. The second-order valence-corrected chi connectivity index (χ2v) is 3.78. The molecule has 14 heavy (non-hydrogen) atoms. The Labute approximate surface area is 83.8 Å². The van der Waals surface area contributed by atoms with Crippen molar-refractivity contribution in [2.24, 2.45) is 0 Å². The minimum atomic E-state index is -0.484. The van der Waals surface area contributed by atoms with Crippen molar-refractivity contribution >= 4 is 21.4 Å². The van der Waals surface area contributed by atoms with Crippen molar-refractivity contribution in [3.8, 4) is 11.8 Å². The van der Waals surface area contributed by atoms with E-state index in [-0.39, 0.29) is 17.6 Å². The summed E-state index contributed by atoms with van der Waals surface area (Å²) in [6.07, 6.45) is 0.0249. The van der Waals surface area contributed by atoms with Crippen LogP contribution in [0.15, 0.2) is 17.5 Å². The first-order valence-electron chi connectivity index (χ1n) is 3.98. The van der Waals surface area contributed by atoms with E-state index in [1.165, 1.54) is 16.7 Å². The molecule has 0 aliphatic rings. The SMILES string of the molecule is N#CCc1ccc2scc(O)c2c1F. The van der Waals surface area contributed by atoms with Crippen molar-refractivity contribution < 1.29 is 9.50 Å². The van der Waals surface area contributed by atoms with Gasteiger partial charge in [-0.1, -0.05) is 6.07 Å². The average molecular weight is 207 g/mol. The summed E-state index contributed by atoms with van der Waals surface area (Å²) in [7, 11) is 0. The van der Waals surface area contributed by atoms with Gasteiger partial charge in [-0.05, 0) is 6.07 Å². The van der Waals surface area contributed by atoms with Gasteiger partial charge in [-0.15, -0.1) is 11.3 Å². The fourth-order valence-electron chi connectivity index (χ4n) is 1.34. The molecule has 0 unspecified atom stereocenters. The highest BCUT2D eigenvalue weighted by Crippen LogP contribution is 2.34. The van der Waals surface area contributed by atoms with Crippen LogP contribution in [0.1, 0.15) is 5.56 Å². The van der Waals surface area contributed by atoms with Gasteiger partial charge in [0.2, 0.25) is 0 Å². The van der Waals surface area contributed by atoms with E-state index >= 15 is 0 Å². The maximum absolute atomic E-state index is 13.6. The zero-order chi connectivity index (χ0) is 10.1. The van der Waals surface area contributed by atoms with Crippen molar-refractivity contribution in [1.82, 2.24) is 0 Å². The molecule has 0 aliphatic heterocycles. The average Bonchev–Trinajstić information content (AvgIpc) is 2.54. The lowest BCUT2D eigenvalue weighted by atomic mass is 10.1. The topological polar surface area (TPSA) is 44.0 Å². The molecule has 2 rings (SSSR count). The first-order chi connectivity index (χ1) is 6.74. The van der Waals surface area contributed by atoms with E-state index in [2.05, 4.69) is 0 Å². The number of nitriles is 1. The largest absolute Gasteiger partial charge is 0.506 e. The van der Waals surface area contributed by atoms with E-state index in [1.807, 2.05) is 6.07 Å². The van der Waals surface area contributed by atoms with Crippen LogP contribution in [0.25, 0.3) is 10.1 Å². The molecular weight excluding hydrogens is 201 g/mol. The molecule has 0 bridgehead atoms. The highest BCUT2D eigenvalue weighted by atomic mass is 32.1. The van der Waals surface area contributed by atoms with E-state index in [0.717, 1.165) is 0 Å². The smallest absolute Gasteiger partial charge is 0.139 e. The molecule has 0 atom stereocenters. The first kappa shape index (κ1) is 8.97. The molecule has 2 nitrogen and oxygen atoms in total. The molecule has 2 aromatic rings.